The van der Waals surface area contributed by atoms with E-state index in [1.54, 1.807) is 0 Å². The van der Waals surface area contributed by atoms with E-state index >= 15 is 0 Å². The maximum absolute atomic E-state index is 11.2. The van der Waals surface area contributed by atoms with E-state index in [-0.39, 0.29) is 0 Å². The van der Waals surface area contributed by atoms with Gasteiger partial charge in [0.05, 0.1) is 14.7 Å². The Labute approximate surface area is 180 Å². The predicted molar refractivity (Wildman–Crippen MR) is 109 cm³/mol. The monoisotopic (exact) mass is 499 g/mol. The van der Waals surface area contributed by atoms with Gasteiger partial charge in [0.1, 0.15) is 30.4 Å². The van der Waals surface area contributed by atoms with Crippen molar-refractivity contribution in [3.63, 3.8) is 0 Å². The van der Waals surface area contributed by atoms with Crippen LogP contribution < -0.4 is 15.9 Å². The Bertz CT molecular complexity index is 1230. The Morgan fingerprint density at radius 3 is 0.774 bits per heavy atom. The van der Waals surface area contributed by atoms with E-state index in [4.69, 9.17) is 0 Å². The maximum Gasteiger partial charge on any atom is 0.124 e. The van der Waals surface area contributed by atoms with Gasteiger partial charge in [0, 0.05) is 0 Å². The Balaban J connectivity index is 2.14. The molecule has 0 radical (unpaired) electrons. The van der Waals surface area contributed by atoms with E-state index in [9.17, 15) is 38.9 Å². The molecule has 0 unspecified atom stereocenters. The van der Waals surface area contributed by atoms with Crippen molar-refractivity contribution < 1.29 is 38.9 Å². The molecule has 3 aromatic carbocycles. The molecule has 0 N–H and O–H groups in total. The molecule has 0 saturated heterocycles. The zero-order chi connectivity index (χ0) is 23.0. The molecule has 0 aromatic heterocycles. The molecular weight excluding hydrogens is 487 g/mol. The summed E-state index contributed by atoms with van der Waals surface area (Å²) >= 11 is 0. The highest BCUT2D eigenvalue weighted by atomic mass is 32.2. The van der Waals surface area contributed by atoms with Crippen LogP contribution in [-0.4, -0.2) is 38.9 Å². The van der Waals surface area contributed by atoms with E-state index in [1.807, 2.05) is 0 Å². The van der Waals surface area contributed by atoms with E-state index in [0.29, 0.717) is 15.9 Å². The van der Waals surface area contributed by atoms with E-state index in [1.165, 1.54) is 36.4 Å². The van der Waals surface area contributed by atoms with Crippen molar-refractivity contribution in [2.75, 3.05) is 0 Å². The molecule has 13 heteroatoms. The quantitative estimate of drug-likeness (QED) is 0.338. The second kappa shape index (κ2) is 8.40. The van der Waals surface area contributed by atoms with Gasteiger partial charge in [0.2, 0.25) is 0 Å². The molecule has 0 aliphatic heterocycles. The second-order valence-corrected chi connectivity index (χ2v) is 12.5. The van der Waals surface area contributed by atoms with Crippen molar-refractivity contribution in [1.29, 1.82) is 0 Å². The summed E-state index contributed by atoms with van der Waals surface area (Å²) in [5.41, 5.74) is 0. The molecule has 3 aromatic rings. The van der Waals surface area contributed by atoms with Crippen LogP contribution in [0.15, 0.2) is 87.5 Å². The van der Waals surface area contributed by atoms with Crippen molar-refractivity contribution in [2.45, 2.75) is 14.7 Å². The SMILES string of the molecule is O=S(=O)([O-])c1ccc(P(c2ccc(S(=O)(=O)[O-])cc2)c2ccc(S(=O)(=O)[O-])cc2)cc1. The van der Waals surface area contributed by atoms with Crippen molar-refractivity contribution in [1.82, 2.24) is 0 Å². The lowest BCUT2D eigenvalue weighted by Gasteiger charge is -2.21. The summed E-state index contributed by atoms with van der Waals surface area (Å²) < 4.78 is 101. The van der Waals surface area contributed by atoms with Crippen molar-refractivity contribution in [3.8, 4) is 0 Å². The molecule has 0 aliphatic carbocycles. The molecule has 164 valence electrons. The van der Waals surface area contributed by atoms with E-state index < -0.39 is 53.0 Å². The maximum atomic E-state index is 11.2. The molecule has 0 bridgehead atoms. The highest BCUT2D eigenvalue weighted by molar-refractivity contribution is 7.86. The lowest BCUT2D eigenvalue weighted by atomic mass is 10.3. The van der Waals surface area contributed by atoms with Crippen LogP contribution in [0.4, 0.5) is 0 Å². The van der Waals surface area contributed by atoms with Gasteiger partial charge in [-0.1, -0.05) is 36.4 Å². The molecule has 0 spiro atoms. The van der Waals surface area contributed by atoms with Gasteiger partial charge in [0.25, 0.3) is 0 Å². The summed E-state index contributed by atoms with van der Waals surface area (Å²) in [6.45, 7) is 0. The predicted octanol–water partition coefficient (Wildman–Crippen LogP) is 0.157. The highest BCUT2D eigenvalue weighted by Crippen LogP contribution is 2.33. The molecule has 0 heterocycles. The third-order valence-corrected chi connectivity index (χ3v) is 9.14. The topological polar surface area (TPSA) is 172 Å². The molecule has 0 amide bonds. The first-order valence-electron chi connectivity index (χ1n) is 8.25. The number of hydrogen-bond acceptors (Lipinski definition) is 9. The fourth-order valence-electron chi connectivity index (χ4n) is 2.73. The highest BCUT2D eigenvalue weighted by Gasteiger charge is 2.18. The lowest BCUT2D eigenvalue weighted by Crippen LogP contribution is -2.21. The molecule has 31 heavy (non-hydrogen) atoms. The summed E-state index contributed by atoms with van der Waals surface area (Å²) in [6.07, 6.45) is 0. The number of rotatable bonds is 6. The minimum atomic E-state index is -4.66. The third kappa shape index (κ3) is 5.55. The van der Waals surface area contributed by atoms with E-state index in [0.717, 1.165) is 36.4 Å². The molecule has 9 nitrogen and oxygen atoms in total. The van der Waals surface area contributed by atoms with Crippen LogP contribution in [0.1, 0.15) is 0 Å². The van der Waals surface area contributed by atoms with Crippen LogP contribution in [0, 0.1) is 0 Å². The van der Waals surface area contributed by atoms with Crippen molar-refractivity contribution >= 4 is 54.2 Å². The van der Waals surface area contributed by atoms with Crippen LogP contribution >= 0.6 is 7.92 Å². The minimum absolute atomic E-state index is 0.438. The van der Waals surface area contributed by atoms with Gasteiger partial charge in [-0.25, -0.2) is 25.3 Å². The fraction of sp³-hybridized carbons (Fsp3) is 0. The summed E-state index contributed by atoms with van der Waals surface area (Å²) in [5, 5.41) is 1.66. The summed E-state index contributed by atoms with van der Waals surface area (Å²) in [5.74, 6) is 0. The van der Waals surface area contributed by atoms with Gasteiger partial charge in [0.15, 0.2) is 0 Å². The average molecular weight is 499 g/mol. The molecule has 0 fully saturated rings. The Morgan fingerprint density at radius 2 is 0.613 bits per heavy atom. The van der Waals surface area contributed by atoms with Gasteiger partial charge in [-0.2, -0.15) is 0 Å². The first-order chi connectivity index (χ1) is 14.3. The van der Waals surface area contributed by atoms with Crippen LogP contribution in [0.5, 0.6) is 0 Å². The Hall–Kier alpha value is -2.18. The molecular formula is C18H12O9PS3-3. The minimum Gasteiger partial charge on any atom is -0.744 e. The van der Waals surface area contributed by atoms with Crippen molar-refractivity contribution in [2.24, 2.45) is 0 Å². The van der Waals surface area contributed by atoms with Gasteiger partial charge >= 0.3 is 0 Å². The van der Waals surface area contributed by atoms with Gasteiger partial charge in [-0.05, 0) is 60.2 Å². The van der Waals surface area contributed by atoms with Crippen LogP contribution in [0.25, 0.3) is 0 Å². The Morgan fingerprint density at radius 1 is 0.419 bits per heavy atom. The summed E-state index contributed by atoms with van der Waals surface area (Å²) in [4.78, 5) is -1.31. The summed E-state index contributed by atoms with van der Waals surface area (Å²) in [7, 11) is -15.5. The first kappa shape index (κ1) is 23.5. The van der Waals surface area contributed by atoms with Gasteiger partial charge < -0.3 is 13.7 Å². The van der Waals surface area contributed by atoms with E-state index in [2.05, 4.69) is 0 Å². The standard InChI is InChI=1S/C18H15O9PS3/c19-29(20,21)16-7-1-13(2-8-16)28(14-3-9-17(10-4-14)30(22,23)24)15-5-11-18(12-6-15)31(25,26)27/h1-12H,(H,19,20,21)(H,22,23,24)(H,25,26,27)/p-3. The first-order valence-corrected chi connectivity index (χ1v) is 13.8. The van der Waals surface area contributed by atoms with Gasteiger partial charge in [-0.3, -0.25) is 0 Å². The third-order valence-electron chi connectivity index (χ3n) is 4.15. The average Bonchev–Trinajstić information content (AvgIpc) is 2.67. The zero-order valence-corrected chi connectivity index (χ0v) is 18.6. The molecule has 0 atom stereocenters. The largest absolute Gasteiger partial charge is 0.744 e. The van der Waals surface area contributed by atoms with Crippen LogP contribution in [0.3, 0.4) is 0 Å². The lowest BCUT2D eigenvalue weighted by molar-refractivity contribution is 0.461. The van der Waals surface area contributed by atoms with Crippen LogP contribution in [0.2, 0.25) is 0 Å². The second-order valence-electron chi connectivity index (χ2n) is 6.18. The normalized spacial score (nSPS) is 12.8. The molecule has 3 rings (SSSR count). The summed E-state index contributed by atoms with van der Waals surface area (Å²) in [6, 6.07) is 15.2. The fourth-order valence-corrected chi connectivity index (χ4v) is 6.38. The molecule has 0 saturated carbocycles. The number of benzene rings is 3. The smallest absolute Gasteiger partial charge is 0.124 e. The van der Waals surface area contributed by atoms with Gasteiger partial charge in [-0.15, -0.1) is 0 Å². The van der Waals surface area contributed by atoms with Crippen LogP contribution in [-0.2, 0) is 30.4 Å². The number of hydrogen-bond donors (Lipinski definition) is 0. The molecule has 0 aliphatic rings. The Kier molecular flexibility index (Phi) is 6.36. The van der Waals surface area contributed by atoms with Crippen molar-refractivity contribution in [3.05, 3.63) is 72.8 Å². The zero-order valence-electron chi connectivity index (χ0n) is 15.3.